The maximum atomic E-state index is 11.6. The third-order valence-electron chi connectivity index (χ3n) is 5.47. The molecular formula is C19H37IN4O2. The van der Waals surface area contributed by atoms with E-state index in [4.69, 9.17) is 9.73 Å². The lowest BCUT2D eigenvalue weighted by molar-refractivity contribution is 0.111. The minimum atomic E-state index is -0.222. The Kier molecular flexibility index (Phi) is 11.3. The number of guanidine groups is 1. The van der Waals surface area contributed by atoms with E-state index in [1.807, 2.05) is 0 Å². The minimum Gasteiger partial charge on any atom is -0.453 e. The lowest BCUT2D eigenvalue weighted by atomic mass is 9.81. The van der Waals surface area contributed by atoms with Crippen molar-refractivity contribution < 1.29 is 9.53 Å². The molecule has 2 aliphatic rings. The van der Waals surface area contributed by atoms with Crippen LogP contribution in [-0.4, -0.2) is 56.3 Å². The summed E-state index contributed by atoms with van der Waals surface area (Å²) < 4.78 is 4.79. The van der Waals surface area contributed by atoms with Gasteiger partial charge in [0.1, 0.15) is 0 Å². The number of carbonyl (C=O) groups excluding carboxylic acids is 1. The van der Waals surface area contributed by atoms with E-state index in [0.717, 1.165) is 56.8 Å². The molecular weight excluding hydrogens is 443 g/mol. The summed E-state index contributed by atoms with van der Waals surface area (Å²) >= 11 is 0. The molecule has 2 atom stereocenters. The number of piperidine rings is 1. The molecule has 1 saturated heterocycles. The number of nitrogens with one attached hydrogen (secondary N) is 2. The Labute approximate surface area is 175 Å². The van der Waals surface area contributed by atoms with Crippen LogP contribution in [0, 0.1) is 11.8 Å². The predicted molar refractivity (Wildman–Crippen MR) is 117 cm³/mol. The highest BCUT2D eigenvalue weighted by molar-refractivity contribution is 14.0. The van der Waals surface area contributed by atoms with Crippen LogP contribution in [0.15, 0.2) is 4.99 Å². The zero-order valence-electron chi connectivity index (χ0n) is 16.6. The smallest absolute Gasteiger partial charge is 0.409 e. The fourth-order valence-electron chi connectivity index (χ4n) is 4.03. The van der Waals surface area contributed by atoms with Crippen molar-refractivity contribution in [1.29, 1.82) is 0 Å². The van der Waals surface area contributed by atoms with Gasteiger partial charge in [-0.3, -0.25) is 4.99 Å². The number of ether oxygens (including phenoxy) is 1. The number of hydrogen-bond donors (Lipinski definition) is 2. The highest BCUT2D eigenvalue weighted by Gasteiger charge is 2.24. The predicted octanol–water partition coefficient (Wildman–Crippen LogP) is 3.61. The van der Waals surface area contributed by atoms with Gasteiger partial charge in [0.15, 0.2) is 5.96 Å². The van der Waals surface area contributed by atoms with Crippen LogP contribution in [0.25, 0.3) is 0 Å². The van der Waals surface area contributed by atoms with Crippen molar-refractivity contribution in [2.75, 3.05) is 33.3 Å². The van der Waals surface area contributed by atoms with E-state index in [0.29, 0.717) is 6.04 Å². The van der Waals surface area contributed by atoms with Crippen molar-refractivity contribution in [1.82, 2.24) is 15.5 Å². The second-order valence-corrected chi connectivity index (χ2v) is 7.56. The summed E-state index contributed by atoms with van der Waals surface area (Å²) in [7, 11) is 1.44. The van der Waals surface area contributed by atoms with Gasteiger partial charge in [-0.05, 0) is 44.4 Å². The minimum absolute atomic E-state index is 0. The van der Waals surface area contributed by atoms with Gasteiger partial charge in [-0.25, -0.2) is 4.79 Å². The monoisotopic (exact) mass is 480 g/mol. The quantitative estimate of drug-likeness (QED) is 0.359. The first-order chi connectivity index (χ1) is 12.1. The lowest BCUT2D eigenvalue weighted by Gasteiger charge is -2.32. The first-order valence-corrected chi connectivity index (χ1v) is 10.00. The number of aliphatic imine (C=N–C) groups is 1. The first kappa shape index (κ1) is 23.3. The van der Waals surface area contributed by atoms with Crippen LogP contribution in [0.2, 0.25) is 0 Å². The molecule has 2 N–H and O–H groups in total. The molecule has 0 aromatic carbocycles. The molecule has 0 spiro atoms. The van der Waals surface area contributed by atoms with E-state index >= 15 is 0 Å². The molecule has 6 nitrogen and oxygen atoms in total. The van der Waals surface area contributed by atoms with Crippen LogP contribution in [0.3, 0.4) is 0 Å². The van der Waals surface area contributed by atoms with Crippen LogP contribution in [0.5, 0.6) is 0 Å². The summed E-state index contributed by atoms with van der Waals surface area (Å²) in [5.74, 6) is 2.65. The summed E-state index contributed by atoms with van der Waals surface area (Å²) in [4.78, 5) is 18.1. The molecule has 1 aliphatic heterocycles. The molecule has 2 rings (SSSR count). The van der Waals surface area contributed by atoms with E-state index in [1.54, 1.807) is 4.90 Å². The van der Waals surface area contributed by atoms with E-state index in [1.165, 1.54) is 39.2 Å². The van der Waals surface area contributed by atoms with Crippen molar-refractivity contribution in [3.8, 4) is 0 Å². The summed E-state index contributed by atoms with van der Waals surface area (Å²) in [6.45, 7) is 7.72. The third kappa shape index (κ3) is 7.88. The molecule has 1 saturated carbocycles. The van der Waals surface area contributed by atoms with Crippen molar-refractivity contribution >= 4 is 36.0 Å². The number of likely N-dealkylation sites (tertiary alicyclic amines) is 1. The van der Waals surface area contributed by atoms with Gasteiger partial charge in [-0.15, -0.1) is 24.0 Å². The van der Waals surface area contributed by atoms with Gasteiger partial charge in [0, 0.05) is 32.2 Å². The number of methoxy groups -OCH3 is 1. The first-order valence-electron chi connectivity index (χ1n) is 10.00. The average Bonchev–Trinajstić information content (AvgIpc) is 2.62. The number of hydrogen-bond acceptors (Lipinski definition) is 3. The Morgan fingerprint density at radius 1 is 1.23 bits per heavy atom. The fraction of sp³-hybridized carbons (Fsp3) is 0.895. The summed E-state index contributed by atoms with van der Waals surface area (Å²) in [5, 5.41) is 6.90. The number of rotatable bonds is 5. The summed E-state index contributed by atoms with van der Waals surface area (Å²) in [6.07, 6.45) is 8.35. The normalized spacial score (nSPS) is 24.6. The van der Waals surface area contributed by atoms with Crippen LogP contribution >= 0.6 is 24.0 Å². The Bertz CT molecular complexity index is 439. The zero-order chi connectivity index (χ0) is 18.1. The van der Waals surface area contributed by atoms with Gasteiger partial charge < -0.3 is 20.3 Å². The maximum absolute atomic E-state index is 11.6. The van der Waals surface area contributed by atoms with Crippen molar-refractivity contribution in [3.05, 3.63) is 0 Å². The van der Waals surface area contributed by atoms with Crippen molar-refractivity contribution in [2.24, 2.45) is 16.8 Å². The molecule has 7 heteroatoms. The van der Waals surface area contributed by atoms with Crippen LogP contribution in [0.4, 0.5) is 4.79 Å². The number of carbonyl (C=O) groups is 1. The van der Waals surface area contributed by atoms with Crippen molar-refractivity contribution in [2.45, 2.75) is 64.8 Å². The molecule has 0 aromatic heterocycles. The molecule has 1 aliphatic carbocycles. The van der Waals surface area contributed by atoms with Crippen molar-refractivity contribution in [3.63, 3.8) is 0 Å². The molecule has 0 aromatic rings. The lowest BCUT2D eigenvalue weighted by Crippen LogP contribution is -2.49. The van der Waals surface area contributed by atoms with E-state index in [-0.39, 0.29) is 30.1 Å². The van der Waals surface area contributed by atoms with Crippen LogP contribution in [0.1, 0.15) is 58.8 Å². The highest BCUT2D eigenvalue weighted by Crippen LogP contribution is 2.30. The van der Waals surface area contributed by atoms with E-state index < -0.39 is 0 Å². The van der Waals surface area contributed by atoms with Gasteiger partial charge in [-0.2, -0.15) is 0 Å². The summed E-state index contributed by atoms with van der Waals surface area (Å²) in [5.41, 5.74) is 0. The zero-order valence-corrected chi connectivity index (χ0v) is 19.0. The molecule has 1 heterocycles. The molecule has 152 valence electrons. The SMILES string of the molecule is CCNC(=NCCC1CCCC(C)C1)NC1CCN(C(=O)OC)CC1.I. The Morgan fingerprint density at radius 2 is 1.96 bits per heavy atom. The molecule has 0 bridgehead atoms. The van der Waals surface area contributed by atoms with Crippen LogP contribution < -0.4 is 10.6 Å². The standard InChI is InChI=1S/C19H36N4O2.HI/c1-4-20-18(21-11-8-16-7-5-6-15(2)14-16)22-17-9-12-23(13-10-17)19(24)25-3;/h15-17H,4-14H2,1-3H3,(H2,20,21,22);1H. The number of nitrogens with zero attached hydrogens (tertiary/aromatic N) is 2. The Hall–Kier alpha value is -0.730. The molecule has 1 amide bonds. The molecule has 0 radical (unpaired) electrons. The number of halogens is 1. The highest BCUT2D eigenvalue weighted by atomic mass is 127. The van der Waals surface area contributed by atoms with Gasteiger partial charge in [0.25, 0.3) is 0 Å². The Balaban J connectivity index is 0.00000338. The maximum Gasteiger partial charge on any atom is 0.409 e. The number of amides is 1. The molecule has 2 fully saturated rings. The summed E-state index contributed by atoms with van der Waals surface area (Å²) in [6, 6.07) is 0.369. The van der Waals surface area contributed by atoms with Gasteiger partial charge in [0.2, 0.25) is 0 Å². The fourth-order valence-corrected chi connectivity index (χ4v) is 4.03. The Morgan fingerprint density at radius 3 is 2.58 bits per heavy atom. The van der Waals surface area contributed by atoms with Gasteiger partial charge in [-0.1, -0.05) is 26.2 Å². The van der Waals surface area contributed by atoms with E-state index in [2.05, 4.69) is 24.5 Å². The van der Waals surface area contributed by atoms with E-state index in [9.17, 15) is 4.79 Å². The second kappa shape index (κ2) is 12.6. The largest absolute Gasteiger partial charge is 0.453 e. The average molecular weight is 480 g/mol. The van der Waals surface area contributed by atoms with Crippen LogP contribution in [-0.2, 0) is 4.74 Å². The second-order valence-electron chi connectivity index (χ2n) is 7.56. The molecule has 26 heavy (non-hydrogen) atoms. The van der Waals surface area contributed by atoms with Gasteiger partial charge in [0.05, 0.1) is 7.11 Å². The topological polar surface area (TPSA) is 66.0 Å². The molecule has 2 unspecified atom stereocenters. The third-order valence-corrected chi connectivity index (χ3v) is 5.47. The van der Waals surface area contributed by atoms with Gasteiger partial charge >= 0.3 is 6.09 Å².